The number of thioether (sulfide) groups is 1. The number of nitrogens with zero attached hydrogens (tertiary/aromatic N) is 1. The van der Waals surface area contributed by atoms with Gasteiger partial charge in [-0.3, -0.25) is 9.59 Å². The molecule has 0 spiro atoms. The van der Waals surface area contributed by atoms with Crippen molar-refractivity contribution in [2.24, 2.45) is 5.92 Å². The Kier molecular flexibility index (Phi) is 8.63. The lowest BCUT2D eigenvalue weighted by Crippen LogP contribution is -2.41. The molecule has 2 aromatic rings. The number of benzene rings is 2. The maximum Gasteiger partial charge on any atom is 0.232 e. The van der Waals surface area contributed by atoms with Crippen LogP contribution in [-0.2, 0) is 16.1 Å². The largest absolute Gasteiger partial charge is 0.497 e. The fourth-order valence-electron chi connectivity index (χ4n) is 3.69. The van der Waals surface area contributed by atoms with E-state index in [-0.39, 0.29) is 11.8 Å². The maximum absolute atomic E-state index is 12.6. The molecule has 1 fully saturated rings. The van der Waals surface area contributed by atoms with Gasteiger partial charge in [0.25, 0.3) is 0 Å². The van der Waals surface area contributed by atoms with Crippen LogP contribution in [0.25, 0.3) is 0 Å². The Balaban J connectivity index is 1.37. The van der Waals surface area contributed by atoms with Gasteiger partial charge in [0.15, 0.2) is 0 Å². The summed E-state index contributed by atoms with van der Waals surface area (Å²) in [4.78, 5) is 27.9. The molecular weight excluding hydrogens is 396 g/mol. The number of carbonyl (C=O) groups excluding carboxylic acids is 2. The minimum atomic E-state index is 0.0564. The predicted molar refractivity (Wildman–Crippen MR) is 121 cm³/mol. The molecule has 6 heteroatoms. The number of ether oxygens (including phenoxy) is 1. The van der Waals surface area contributed by atoms with Crippen LogP contribution in [0, 0.1) is 5.92 Å². The zero-order chi connectivity index (χ0) is 21.2. The van der Waals surface area contributed by atoms with Crippen molar-refractivity contribution in [3.8, 4) is 5.75 Å². The van der Waals surface area contributed by atoms with E-state index in [0.717, 1.165) is 48.6 Å². The standard InChI is InChI=1S/C24H30N2O3S/c1-29-21-9-5-7-20(15-21)16-25-23(27)13-12-19-8-6-14-26(17-19)24(28)18-30-22-10-3-2-4-11-22/h2-5,7,9-11,15,19H,6,8,12-14,16-18H2,1H3,(H,25,27)/t19-/m0/s1. The molecule has 1 heterocycles. The Morgan fingerprint density at radius 2 is 2.00 bits per heavy atom. The van der Waals surface area contributed by atoms with Gasteiger partial charge in [-0.25, -0.2) is 0 Å². The number of hydrogen-bond donors (Lipinski definition) is 1. The molecule has 5 nitrogen and oxygen atoms in total. The van der Waals surface area contributed by atoms with Crippen LogP contribution in [0.15, 0.2) is 59.5 Å². The van der Waals surface area contributed by atoms with E-state index >= 15 is 0 Å². The van der Waals surface area contributed by atoms with Gasteiger partial charge in [0.2, 0.25) is 11.8 Å². The molecule has 1 saturated heterocycles. The lowest BCUT2D eigenvalue weighted by Gasteiger charge is -2.32. The van der Waals surface area contributed by atoms with Crippen molar-refractivity contribution in [2.75, 3.05) is 26.0 Å². The Hall–Kier alpha value is -2.47. The van der Waals surface area contributed by atoms with E-state index in [0.29, 0.717) is 24.6 Å². The number of amides is 2. The minimum Gasteiger partial charge on any atom is -0.497 e. The van der Waals surface area contributed by atoms with E-state index in [9.17, 15) is 9.59 Å². The van der Waals surface area contributed by atoms with Gasteiger partial charge in [0.1, 0.15) is 5.75 Å². The number of piperidine rings is 1. The van der Waals surface area contributed by atoms with E-state index < -0.39 is 0 Å². The Bertz CT molecular complexity index is 828. The fourth-order valence-corrected chi connectivity index (χ4v) is 4.51. The highest BCUT2D eigenvalue weighted by molar-refractivity contribution is 8.00. The van der Waals surface area contributed by atoms with Gasteiger partial charge in [-0.1, -0.05) is 30.3 Å². The minimum absolute atomic E-state index is 0.0564. The second-order valence-electron chi connectivity index (χ2n) is 7.62. The van der Waals surface area contributed by atoms with Gasteiger partial charge < -0.3 is 15.0 Å². The van der Waals surface area contributed by atoms with Crippen LogP contribution in [0.5, 0.6) is 5.75 Å². The molecule has 0 saturated carbocycles. The zero-order valence-electron chi connectivity index (χ0n) is 17.5. The van der Waals surface area contributed by atoms with Crippen LogP contribution in [0.3, 0.4) is 0 Å². The lowest BCUT2D eigenvalue weighted by molar-refractivity contribution is -0.130. The van der Waals surface area contributed by atoms with Crippen LogP contribution < -0.4 is 10.1 Å². The monoisotopic (exact) mass is 426 g/mol. The second-order valence-corrected chi connectivity index (χ2v) is 8.67. The number of hydrogen-bond acceptors (Lipinski definition) is 4. The molecule has 1 aliphatic rings. The van der Waals surface area contributed by atoms with Gasteiger partial charge in [0, 0.05) is 31.0 Å². The number of rotatable bonds is 9. The molecule has 0 aromatic heterocycles. The summed E-state index contributed by atoms with van der Waals surface area (Å²) in [6, 6.07) is 17.7. The highest BCUT2D eigenvalue weighted by Gasteiger charge is 2.24. The van der Waals surface area contributed by atoms with Crippen LogP contribution >= 0.6 is 11.8 Å². The maximum atomic E-state index is 12.6. The Morgan fingerprint density at radius 3 is 2.80 bits per heavy atom. The first-order valence-corrected chi connectivity index (χ1v) is 11.5. The van der Waals surface area contributed by atoms with Crippen molar-refractivity contribution in [1.29, 1.82) is 0 Å². The molecule has 2 aromatic carbocycles. The number of carbonyl (C=O) groups is 2. The molecule has 0 aliphatic carbocycles. The summed E-state index contributed by atoms with van der Waals surface area (Å²) >= 11 is 1.58. The summed E-state index contributed by atoms with van der Waals surface area (Å²) in [6.45, 7) is 2.09. The van der Waals surface area contributed by atoms with Gasteiger partial charge in [-0.2, -0.15) is 0 Å². The number of nitrogens with one attached hydrogen (secondary N) is 1. The predicted octanol–water partition coefficient (Wildman–Crippen LogP) is 4.12. The second kappa shape index (κ2) is 11.6. The first-order chi connectivity index (χ1) is 14.6. The first-order valence-electron chi connectivity index (χ1n) is 10.5. The number of likely N-dealkylation sites (tertiary alicyclic amines) is 1. The molecule has 3 rings (SSSR count). The average molecular weight is 427 g/mol. The van der Waals surface area contributed by atoms with Crippen LogP contribution in [0.2, 0.25) is 0 Å². The normalized spacial score (nSPS) is 16.2. The molecule has 30 heavy (non-hydrogen) atoms. The highest BCUT2D eigenvalue weighted by Crippen LogP contribution is 2.23. The molecule has 1 aliphatic heterocycles. The van der Waals surface area contributed by atoms with Crippen molar-refractivity contribution < 1.29 is 14.3 Å². The van der Waals surface area contributed by atoms with Crippen molar-refractivity contribution in [3.63, 3.8) is 0 Å². The summed E-state index contributed by atoms with van der Waals surface area (Å²) < 4.78 is 5.21. The van der Waals surface area contributed by atoms with Gasteiger partial charge >= 0.3 is 0 Å². The third kappa shape index (κ3) is 7.10. The van der Waals surface area contributed by atoms with E-state index in [1.165, 1.54) is 0 Å². The summed E-state index contributed by atoms with van der Waals surface area (Å²) in [5, 5.41) is 2.98. The Labute approximate surface area is 183 Å². The zero-order valence-corrected chi connectivity index (χ0v) is 18.3. The van der Waals surface area contributed by atoms with Crippen molar-refractivity contribution >= 4 is 23.6 Å². The SMILES string of the molecule is COc1cccc(CNC(=O)CC[C@@H]2CCCN(C(=O)CSc3ccccc3)C2)c1. The van der Waals surface area contributed by atoms with Gasteiger partial charge in [0.05, 0.1) is 12.9 Å². The third-order valence-corrected chi connectivity index (χ3v) is 6.38. The van der Waals surface area contributed by atoms with E-state index in [1.54, 1.807) is 18.9 Å². The van der Waals surface area contributed by atoms with E-state index in [2.05, 4.69) is 5.32 Å². The molecule has 0 bridgehead atoms. The Morgan fingerprint density at radius 1 is 1.17 bits per heavy atom. The molecule has 0 unspecified atom stereocenters. The highest BCUT2D eigenvalue weighted by atomic mass is 32.2. The molecule has 160 valence electrons. The van der Waals surface area contributed by atoms with Crippen molar-refractivity contribution in [3.05, 3.63) is 60.2 Å². The van der Waals surface area contributed by atoms with Crippen LogP contribution in [0.4, 0.5) is 0 Å². The first kappa shape index (κ1) is 22.2. The summed E-state index contributed by atoms with van der Waals surface area (Å²) in [6.07, 6.45) is 3.41. The average Bonchev–Trinajstić information content (AvgIpc) is 2.81. The molecule has 2 amide bonds. The molecular formula is C24H30N2O3S. The lowest BCUT2D eigenvalue weighted by atomic mass is 9.93. The summed E-state index contributed by atoms with van der Waals surface area (Å²) in [5.41, 5.74) is 1.02. The van der Waals surface area contributed by atoms with Crippen LogP contribution in [-0.4, -0.2) is 42.7 Å². The van der Waals surface area contributed by atoms with Crippen molar-refractivity contribution in [1.82, 2.24) is 10.2 Å². The van der Waals surface area contributed by atoms with Gasteiger partial charge in [-0.15, -0.1) is 11.8 Å². The molecule has 1 N–H and O–H groups in total. The molecule has 0 radical (unpaired) electrons. The third-order valence-electron chi connectivity index (χ3n) is 5.38. The number of methoxy groups -OCH3 is 1. The smallest absolute Gasteiger partial charge is 0.232 e. The van der Waals surface area contributed by atoms with Gasteiger partial charge in [-0.05, 0) is 55.0 Å². The van der Waals surface area contributed by atoms with Crippen molar-refractivity contribution in [2.45, 2.75) is 37.1 Å². The van der Waals surface area contributed by atoms with E-state index in [1.807, 2.05) is 59.5 Å². The van der Waals surface area contributed by atoms with Crippen LogP contribution in [0.1, 0.15) is 31.2 Å². The molecule has 1 atom stereocenters. The fraction of sp³-hybridized carbons (Fsp3) is 0.417. The quantitative estimate of drug-likeness (QED) is 0.613. The summed E-state index contributed by atoms with van der Waals surface area (Å²) in [5.74, 6) is 1.90. The van der Waals surface area contributed by atoms with E-state index in [4.69, 9.17) is 4.74 Å². The topological polar surface area (TPSA) is 58.6 Å². The summed E-state index contributed by atoms with van der Waals surface area (Å²) in [7, 11) is 1.64.